The largest absolute Gasteiger partial charge is 0.490 e. The minimum absolute atomic E-state index is 0.497. The number of hydrogen-bond donors (Lipinski definition) is 1. The van der Waals surface area contributed by atoms with Crippen molar-refractivity contribution in [3.8, 4) is 23.8 Å². The zero-order valence-corrected chi connectivity index (χ0v) is 10.2. The molecule has 0 atom stereocenters. The molecule has 0 aromatic heterocycles. The minimum Gasteiger partial charge on any atom is -0.490 e. The summed E-state index contributed by atoms with van der Waals surface area (Å²) in [5, 5.41) is 0. The van der Waals surface area contributed by atoms with Gasteiger partial charge >= 0.3 is 0 Å². The summed E-state index contributed by atoms with van der Waals surface area (Å²) in [5.41, 5.74) is 6.62. The van der Waals surface area contributed by atoms with Crippen molar-refractivity contribution in [3.63, 3.8) is 0 Å². The molecule has 0 saturated carbocycles. The highest BCUT2D eigenvalue weighted by molar-refractivity contribution is 5.43. The van der Waals surface area contributed by atoms with Crippen molar-refractivity contribution < 1.29 is 9.47 Å². The molecule has 0 radical (unpaired) electrons. The summed E-state index contributed by atoms with van der Waals surface area (Å²) >= 11 is 0. The smallest absolute Gasteiger partial charge is 0.161 e. The number of rotatable bonds is 7. The second-order valence-corrected chi connectivity index (χ2v) is 3.57. The number of unbranched alkanes of at least 4 members (excludes halogenated alkanes) is 1. The van der Waals surface area contributed by atoms with Crippen molar-refractivity contribution >= 4 is 0 Å². The van der Waals surface area contributed by atoms with E-state index in [2.05, 4.69) is 5.92 Å². The Labute approximate surface area is 103 Å². The first-order chi connectivity index (χ1) is 8.31. The van der Waals surface area contributed by atoms with Gasteiger partial charge in [-0.15, -0.1) is 12.3 Å². The van der Waals surface area contributed by atoms with Gasteiger partial charge in [-0.05, 0) is 31.0 Å². The number of terminal acetylenes is 1. The Morgan fingerprint density at radius 1 is 1.29 bits per heavy atom. The molecular weight excluding hydrogens is 214 g/mol. The average molecular weight is 233 g/mol. The summed E-state index contributed by atoms with van der Waals surface area (Å²) < 4.78 is 11.1. The van der Waals surface area contributed by atoms with E-state index in [0.717, 1.165) is 29.9 Å². The molecule has 1 rings (SSSR count). The monoisotopic (exact) mass is 233 g/mol. The number of ether oxygens (including phenoxy) is 2. The van der Waals surface area contributed by atoms with Gasteiger partial charge in [0, 0.05) is 13.0 Å². The van der Waals surface area contributed by atoms with Crippen LogP contribution >= 0.6 is 0 Å². The standard InChI is InChI=1S/C14H19NO2/c1-3-5-6-9-17-13-8-7-12(11-15)10-14(13)16-4-2/h1,7-8,10H,4-6,9,11,15H2,2H3. The molecule has 0 bridgehead atoms. The highest BCUT2D eigenvalue weighted by Gasteiger charge is 2.05. The summed E-state index contributed by atoms with van der Waals surface area (Å²) in [5.74, 6) is 4.08. The molecule has 0 heterocycles. The molecule has 17 heavy (non-hydrogen) atoms. The third-order valence-electron chi connectivity index (χ3n) is 2.27. The minimum atomic E-state index is 0.497. The van der Waals surface area contributed by atoms with Crippen molar-refractivity contribution in [2.24, 2.45) is 5.73 Å². The van der Waals surface area contributed by atoms with Crippen LogP contribution in [0, 0.1) is 12.3 Å². The maximum atomic E-state index is 5.63. The SMILES string of the molecule is C#CCCCOc1ccc(CN)cc1OCC. The molecule has 0 spiro atoms. The molecule has 0 unspecified atom stereocenters. The Hall–Kier alpha value is -1.66. The number of hydrogen-bond acceptors (Lipinski definition) is 3. The summed E-state index contributed by atoms with van der Waals surface area (Å²) in [6, 6.07) is 5.75. The fourth-order valence-corrected chi connectivity index (χ4v) is 1.42. The first-order valence-electron chi connectivity index (χ1n) is 5.83. The zero-order valence-electron chi connectivity index (χ0n) is 10.2. The second kappa shape index (κ2) is 7.59. The van der Waals surface area contributed by atoms with Crippen LogP contribution in [0.3, 0.4) is 0 Å². The molecule has 3 nitrogen and oxygen atoms in total. The molecule has 1 aromatic carbocycles. The highest BCUT2D eigenvalue weighted by Crippen LogP contribution is 2.28. The maximum Gasteiger partial charge on any atom is 0.161 e. The molecule has 0 aliphatic carbocycles. The van der Waals surface area contributed by atoms with E-state index < -0.39 is 0 Å². The Bertz CT molecular complexity index is 382. The number of nitrogens with two attached hydrogens (primary N) is 1. The molecule has 3 heteroatoms. The topological polar surface area (TPSA) is 44.5 Å². The van der Waals surface area contributed by atoms with Crippen LogP contribution in [0.4, 0.5) is 0 Å². The molecule has 92 valence electrons. The van der Waals surface area contributed by atoms with Crippen LogP contribution in [-0.2, 0) is 6.54 Å². The van der Waals surface area contributed by atoms with Gasteiger partial charge in [0.05, 0.1) is 13.2 Å². The van der Waals surface area contributed by atoms with E-state index in [-0.39, 0.29) is 0 Å². The van der Waals surface area contributed by atoms with Crippen molar-refractivity contribution in [2.75, 3.05) is 13.2 Å². The Kier molecular flexibility index (Phi) is 5.98. The first-order valence-corrected chi connectivity index (χ1v) is 5.83. The fourth-order valence-electron chi connectivity index (χ4n) is 1.42. The van der Waals surface area contributed by atoms with E-state index in [1.54, 1.807) is 0 Å². The lowest BCUT2D eigenvalue weighted by molar-refractivity contribution is 0.274. The predicted molar refractivity (Wildman–Crippen MR) is 69.1 cm³/mol. The predicted octanol–water partition coefficient (Wildman–Crippen LogP) is 2.34. The van der Waals surface area contributed by atoms with Crippen molar-refractivity contribution in [1.29, 1.82) is 0 Å². The summed E-state index contributed by atoms with van der Waals surface area (Å²) in [7, 11) is 0. The molecule has 0 saturated heterocycles. The van der Waals surface area contributed by atoms with Gasteiger partial charge in [0.15, 0.2) is 11.5 Å². The van der Waals surface area contributed by atoms with Gasteiger partial charge in [0.25, 0.3) is 0 Å². The third-order valence-corrected chi connectivity index (χ3v) is 2.27. The van der Waals surface area contributed by atoms with Gasteiger partial charge in [-0.3, -0.25) is 0 Å². The van der Waals surface area contributed by atoms with Crippen LogP contribution in [0.5, 0.6) is 11.5 Å². The Morgan fingerprint density at radius 2 is 2.12 bits per heavy atom. The third kappa shape index (κ3) is 4.38. The molecule has 0 amide bonds. The number of benzene rings is 1. The normalized spacial score (nSPS) is 9.71. The molecule has 2 N–H and O–H groups in total. The molecular formula is C14H19NO2. The summed E-state index contributed by atoms with van der Waals surface area (Å²) in [4.78, 5) is 0. The maximum absolute atomic E-state index is 5.63. The van der Waals surface area contributed by atoms with E-state index in [1.165, 1.54) is 0 Å². The Morgan fingerprint density at radius 3 is 2.76 bits per heavy atom. The molecule has 0 aliphatic rings. The van der Waals surface area contributed by atoms with Crippen LogP contribution in [-0.4, -0.2) is 13.2 Å². The zero-order chi connectivity index (χ0) is 12.5. The van der Waals surface area contributed by atoms with Gasteiger partial charge in [-0.25, -0.2) is 0 Å². The fraction of sp³-hybridized carbons (Fsp3) is 0.429. The van der Waals surface area contributed by atoms with Crippen LogP contribution in [0.2, 0.25) is 0 Å². The molecule has 0 aliphatic heterocycles. The van der Waals surface area contributed by atoms with Crippen molar-refractivity contribution in [2.45, 2.75) is 26.3 Å². The lowest BCUT2D eigenvalue weighted by Gasteiger charge is -2.12. The van der Waals surface area contributed by atoms with E-state index in [0.29, 0.717) is 19.8 Å². The second-order valence-electron chi connectivity index (χ2n) is 3.57. The van der Waals surface area contributed by atoms with Crippen LogP contribution in [0.25, 0.3) is 0 Å². The lowest BCUT2D eigenvalue weighted by atomic mass is 10.2. The summed E-state index contributed by atoms with van der Waals surface area (Å²) in [6.45, 7) is 3.65. The van der Waals surface area contributed by atoms with E-state index in [4.69, 9.17) is 21.6 Å². The van der Waals surface area contributed by atoms with Gasteiger partial charge in [0.2, 0.25) is 0 Å². The Balaban J connectivity index is 2.66. The summed E-state index contributed by atoms with van der Waals surface area (Å²) in [6.07, 6.45) is 6.75. The van der Waals surface area contributed by atoms with E-state index in [9.17, 15) is 0 Å². The molecule has 1 aromatic rings. The average Bonchev–Trinajstić information content (AvgIpc) is 2.36. The van der Waals surface area contributed by atoms with Gasteiger partial charge < -0.3 is 15.2 Å². The van der Waals surface area contributed by atoms with Gasteiger partial charge in [-0.2, -0.15) is 0 Å². The van der Waals surface area contributed by atoms with E-state index >= 15 is 0 Å². The lowest BCUT2D eigenvalue weighted by Crippen LogP contribution is -2.03. The van der Waals surface area contributed by atoms with Gasteiger partial charge in [0.1, 0.15) is 0 Å². The highest BCUT2D eigenvalue weighted by atomic mass is 16.5. The molecule has 0 fully saturated rings. The van der Waals surface area contributed by atoms with Crippen molar-refractivity contribution in [3.05, 3.63) is 23.8 Å². The van der Waals surface area contributed by atoms with Crippen LogP contribution in [0.15, 0.2) is 18.2 Å². The van der Waals surface area contributed by atoms with Crippen LogP contribution < -0.4 is 15.2 Å². The first kappa shape index (κ1) is 13.4. The van der Waals surface area contributed by atoms with Gasteiger partial charge in [-0.1, -0.05) is 6.07 Å². The quantitative estimate of drug-likeness (QED) is 0.580. The van der Waals surface area contributed by atoms with E-state index in [1.807, 2.05) is 25.1 Å². The van der Waals surface area contributed by atoms with Crippen LogP contribution in [0.1, 0.15) is 25.3 Å². The van der Waals surface area contributed by atoms with Crippen molar-refractivity contribution in [1.82, 2.24) is 0 Å².